The van der Waals surface area contributed by atoms with Gasteiger partial charge in [0.1, 0.15) is 11.5 Å². The van der Waals surface area contributed by atoms with Crippen LogP contribution in [0, 0.1) is 0 Å². The molecule has 2 N–H and O–H groups in total. The minimum atomic E-state index is -0.573. The monoisotopic (exact) mass is 342 g/mol. The highest BCUT2D eigenvalue weighted by atomic mass is 16.5. The number of rotatable bonds is 9. The summed E-state index contributed by atoms with van der Waals surface area (Å²) >= 11 is 0. The third kappa shape index (κ3) is 5.80. The van der Waals surface area contributed by atoms with Gasteiger partial charge in [-0.1, -0.05) is 30.3 Å². The highest BCUT2D eigenvalue weighted by Crippen LogP contribution is 2.18. The highest BCUT2D eigenvalue weighted by Gasteiger charge is 2.21. The van der Waals surface area contributed by atoms with E-state index in [1.165, 1.54) is 5.56 Å². The van der Waals surface area contributed by atoms with Gasteiger partial charge in [0.25, 0.3) is 5.91 Å². The van der Waals surface area contributed by atoms with E-state index in [9.17, 15) is 4.79 Å². The average Bonchev–Trinajstić information content (AvgIpc) is 2.66. The number of carbonyl (C=O) groups excluding carboxylic acids is 1. The topological polar surface area (TPSA) is 64.8 Å². The fourth-order valence-corrected chi connectivity index (χ4v) is 2.56. The SMILES string of the molecule is COc1ccc(OC(C)C(=O)N(CCN)CCc2ccccc2)cc1. The van der Waals surface area contributed by atoms with Crippen LogP contribution in [0.5, 0.6) is 11.5 Å². The van der Waals surface area contributed by atoms with E-state index < -0.39 is 6.10 Å². The molecule has 2 aromatic carbocycles. The predicted molar refractivity (Wildman–Crippen MR) is 98.9 cm³/mol. The molecule has 5 heteroatoms. The molecule has 1 amide bonds. The summed E-state index contributed by atoms with van der Waals surface area (Å²) in [6.07, 6.45) is 0.220. The molecule has 0 radical (unpaired) electrons. The summed E-state index contributed by atoms with van der Waals surface area (Å²) in [6.45, 7) is 3.33. The molecule has 2 rings (SSSR count). The largest absolute Gasteiger partial charge is 0.497 e. The van der Waals surface area contributed by atoms with Gasteiger partial charge in [-0.25, -0.2) is 0 Å². The number of methoxy groups -OCH3 is 1. The number of nitrogens with zero attached hydrogens (tertiary/aromatic N) is 1. The number of carbonyl (C=O) groups is 1. The smallest absolute Gasteiger partial charge is 0.263 e. The lowest BCUT2D eigenvalue weighted by molar-refractivity contribution is -0.137. The molecule has 0 fully saturated rings. The lowest BCUT2D eigenvalue weighted by Gasteiger charge is -2.26. The first-order chi connectivity index (χ1) is 12.1. The van der Waals surface area contributed by atoms with Crippen LogP contribution >= 0.6 is 0 Å². The zero-order valence-corrected chi connectivity index (χ0v) is 14.9. The first-order valence-electron chi connectivity index (χ1n) is 8.47. The van der Waals surface area contributed by atoms with Gasteiger partial charge in [-0.05, 0) is 43.2 Å². The molecule has 0 saturated heterocycles. The molecule has 2 aromatic rings. The maximum absolute atomic E-state index is 12.7. The van der Waals surface area contributed by atoms with Gasteiger partial charge < -0.3 is 20.1 Å². The normalized spacial score (nSPS) is 11.6. The molecule has 0 saturated carbocycles. The highest BCUT2D eigenvalue weighted by molar-refractivity contribution is 5.81. The lowest BCUT2D eigenvalue weighted by atomic mass is 10.1. The van der Waals surface area contributed by atoms with E-state index in [0.29, 0.717) is 25.4 Å². The Balaban J connectivity index is 1.94. The molecule has 0 heterocycles. The van der Waals surface area contributed by atoms with Crippen molar-refractivity contribution in [2.75, 3.05) is 26.7 Å². The van der Waals surface area contributed by atoms with E-state index in [0.717, 1.165) is 12.2 Å². The van der Waals surface area contributed by atoms with Crippen LogP contribution in [0.1, 0.15) is 12.5 Å². The zero-order chi connectivity index (χ0) is 18.1. The van der Waals surface area contributed by atoms with Crippen molar-refractivity contribution < 1.29 is 14.3 Å². The van der Waals surface area contributed by atoms with Crippen LogP contribution in [0.4, 0.5) is 0 Å². The minimum Gasteiger partial charge on any atom is -0.497 e. The molecule has 25 heavy (non-hydrogen) atoms. The van der Waals surface area contributed by atoms with Crippen molar-refractivity contribution in [2.45, 2.75) is 19.4 Å². The standard InChI is InChI=1S/C20H26N2O3/c1-16(25-19-10-8-18(24-2)9-11-19)20(23)22(15-13-21)14-12-17-6-4-3-5-7-17/h3-11,16H,12-15,21H2,1-2H3. The summed E-state index contributed by atoms with van der Waals surface area (Å²) < 4.78 is 10.9. The van der Waals surface area contributed by atoms with Gasteiger partial charge in [0.15, 0.2) is 6.10 Å². The molecular formula is C20H26N2O3. The summed E-state index contributed by atoms with van der Waals surface area (Å²) in [4.78, 5) is 14.5. The van der Waals surface area contributed by atoms with Crippen molar-refractivity contribution in [3.8, 4) is 11.5 Å². The zero-order valence-electron chi connectivity index (χ0n) is 14.9. The fourth-order valence-electron chi connectivity index (χ4n) is 2.56. The molecule has 5 nitrogen and oxygen atoms in total. The van der Waals surface area contributed by atoms with Crippen LogP contribution in [-0.2, 0) is 11.2 Å². The fraction of sp³-hybridized carbons (Fsp3) is 0.350. The average molecular weight is 342 g/mol. The number of benzene rings is 2. The van der Waals surface area contributed by atoms with Crippen LogP contribution in [0.3, 0.4) is 0 Å². The third-order valence-corrected chi connectivity index (χ3v) is 3.94. The van der Waals surface area contributed by atoms with Gasteiger partial charge in [-0.15, -0.1) is 0 Å². The first kappa shape index (κ1) is 18.8. The number of hydrogen-bond donors (Lipinski definition) is 1. The number of amides is 1. The predicted octanol–water partition coefficient (Wildman–Crippen LogP) is 2.49. The van der Waals surface area contributed by atoms with Crippen molar-refractivity contribution in [1.29, 1.82) is 0 Å². The van der Waals surface area contributed by atoms with Gasteiger partial charge in [-0.3, -0.25) is 4.79 Å². The van der Waals surface area contributed by atoms with Crippen molar-refractivity contribution in [1.82, 2.24) is 4.90 Å². The van der Waals surface area contributed by atoms with Gasteiger partial charge in [0.05, 0.1) is 7.11 Å². The summed E-state index contributed by atoms with van der Waals surface area (Å²) in [5, 5.41) is 0. The Morgan fingerprint density at radius 2 is 1.68 bits per heavy atom. The number of hydrogen-bond acceptors (Lipinski definition) is 4. The Kier molecular flexibility index (Phi) is 7.29. The summed E-state index contributed by atoms with van der Waals surface area (Å²) in [5.74, 6) is 1.33. The Morgan fingerprint density at radius 1 is 1.04 bits per heavy atom. The maximum atomic E-state index is 12.7. The van der Waals surface area contributed by atoms with Crippen LogP contribution in [0.15, 0.2) is 54.6 Å². The van der Waals surface area contributed by atoms with Gasteiger partial charge >= 0.3 is 0 Å². The van der Waals surface area contributed by atoms with Crippen LogP contribution in [0.25, 0.3) is 0 Å². The molecule has 0 aliphatic carbocycles. The molecule has 1 unspecified atom stereocenters. The Hall–Kier alpha value is -2.53. The van der Waals surface area contributed by atoms with Gasteiger partial charge in [-0.2, -0.15) is 0 Å². The second kappa shape index (κ2) is 9.69. The summed E-state index contributed by atoms with van der Waals surface area (Å²) in [6, 6.07) is 17.3. The molecule has 1 atom stereocenters. The van der Waals surface area contributed by atoms with Crippen molar-refractivity contribution >= 4 is 5.91 Å². The Morgan fingerprint density at radius 3 is 2.28 bits per heavy atom. The van der Waals surface area contributed by atoms with Crippen molar-refractivity contribution in [3.63, 3.8) is 0 Å². The maximum Gasteiger partial charge on any atom is 0.263 e. The van der Waals surface area contributed by atoms with Crippen molar-refractivity contribution in [2.24, 2.45) is 5.73 Å². The number of nitrogens with two attached hydrogens (primary N) is 1. The van der Waals surface area contributed by atoms with Gasteiger partial charge in [0, 0.05) is 19.6 Å². The molecule has 134 valence electrons. The molecule has 0 aliphatic rings. The van der Waals surface area contributed by atoms with Crippen LogP contribution < -0.4 is 15.2 Å². The minimum absolute atomic E-state index is 0.0581. The van der Waals surface area contributed by atoms with Crippen LogP contribution in [-0.4, -0.2) is 43.7 Å². The van der Waals surface area contributed by atoms with E-state index in [1.807, 2.05) is 18.2 Å². The molecular weight excluding hydrogens is 316 g/mol. The molecule has 0 bridgehead atoms. The van der Waals surface area contributed by atoms with E-state index in [4.69, 9.17) is 15.2 Å². The second-order valence-electron chi connectivity index (χ2n) is 5.79. The van der Waals surface area contributed by atoms with E-state index >= 15 is 0 Å². The third-order valence-electron chi connectivity index (χ3n) is 3.94. The van der Waals surface area contributed by atoms with Crippen molar-refractivity contribution in [3.05, 3.63) is 60.2 Å². The van der Waals surface area contributed by atoms with Crippen LogP contribution in [0.2, 0.25) is 0 Å². The number of ether oxygens (including phenoxy) is 2. The van der Waals surface area contributed by atoms with Gasteiger partial charge in [0.2, 0.25) is 0 Å². The Bertz CT molecular complexity index is 644. The lowest BCUT2D eigenvalue weighted by Crippen LogP contribution is -2.43. The molecule has 0 aliphatic heterocycles. The Labute approximate surface area is 149 Å². The molecule has 0 aromatic heterocycles. The van der Waals surface area contributed by atoms with E-state index in [2.05, 4.69) is 12.1 Å². The van der Waals surface area contributed by atoms with E-state index in [1.54, 1.807) is 43.2 Å². The second-order valence-corrected chi connectivity index (χ2v) is 5.79. The summed E-state index contributed by atoms with van der Waals surface area (Å²) in [7, 11) is 1.61. The summed E-state index contributed by atoms with van der Waals surface area (Å²) in [5.41, 5.74) is 6.87. The molecule has 0 spiro atoms. The first-order valence-corrected chi connectivity index (χ1v) is 8.47. The quantitative estimate of drug-likeness (QED) is 0.760. The van der Waals surface area contributed by atoms with E-state index in [-0.39, 0.29) is 5.91 Å².